The molecule has 0 heterocycles. The molecule has 5 aromatic rings. The lowest BCUT2D eigenvalue weighted by Crippen LogP contribution is -3.00. The fraction of sp³-hybridized carbons (Fsp3) is 0.118. The van der Waals surface area contributed by atoms with Crippen LogP contribution in [0.15, 0.2) is 140 Å². The van der Waals surface area contributed by atoms with Crippen LogP contribution in [0.2, 0.25) is 0 Å². The molecule has 0 aliphatic carbocycles. The number of methoxy groups -OCH3 is 2. The maximum Gasteiger partial charge on any atom is 0.119 e. The minimum atomic E-state index is -1.86. The summed E-state index contributed by atoms with van der Waals surface area (Å²) in [6.45, 7) is 0. The summed E-state index contributed by atoms with van der Waals surface area (Å²) in [4.78, 5) is 0. The lowest BCUT2D eigenvalue weighted by molar-refractivity contribution is -0.00000811. The number of halogens is 2. The molecule has 0 N–H and O–H groups in total. The van der Waals surface area contributed by atoms with E-state index >= 15 is 0 Å². The second-order valence-electron chi connectivity index (χ2n) is 8.81. The lowest BCUT2D eigenvalue weighted by Gasteiger charge is -2.28. The van der Waals surface area contributed by atoms with Crippen LogP contribution < -0.4 is 37.8 Å². The van der Waals surface area contributed by atoms with E-state index in [2.05, 4.69) is 109 Å². The Morgan fingerprint density at radius 3 is 1.28 bits per heavy atom. The first-order chi connectivity index (χ1) is 18.7. The van der Waals surface area contributed by atoms with E-state index in [-0.39, 0.29) is 12.4 Å². The average molecular weight is 576 g/mol. The van der Waals surface area contributed by atoms with Crippen LogP contribution in [0.1, 0.15) is 11.1 Å². The van der Waals surface area contributed by atoms with E-state index in [1.54, 1.807) is 14.2 Å². The van der Waals surface area contributed by atoms with E-state index < -0.39 is 7.26 Å². The van der Waals surface area contributed by atoms with Crippen molar-refractivity contribution in [1.82, 2.24) is 0 Å². The summed E-state index contributed by atoms with van der Waals surface area (Å²) in [5.74, 6) is 2.31. The maximum absolute atomic E-state index is 5.60. The standard InChI is InChI=1S/C26H24OP.C8H9ClO.ClH/c1-27-23-13-11-12-22(20-23)21-28(24-14-5-2-6-15-24,25-16-7-3-8-17-25)26-18-9-4-10-19-26;1-10-8-4-2-3-7(5-8)6-9;/h2-20H,21H2,1H3;2-5H,6H2,1H3;1H/q+1;;/p-1. The summed E-state index contributed by atoms with van der Waals surface area (Å²) in [7, 11) is 1.51. The molecule has 200 valence electrons. The number of hydrogen-bond donors (Lipinski definition) is 0. The van der Waals surface area contributed by atoms with Gasteiger partial charge in [0.2, 0.25) is 0 Å². The van der Waals surface area contributed by atoms with Crippen molar-refractivity contribution < 1.29 is 21.9 Å². The third-order valence-corrected chi connectivity index (χ3v) is 11.1. The minimum Gasteiger partial charge on any atom is -1.00 e. The molecule has 2 nitrogen and oxygen atoms in total. The highest BCUT2D eigenvalue weighted by Gasteiger charge is 2.45. The van der Waals surface area contributed by atoms with Gasteiger partial charge in [0, 0.05) is 5.88 Å². The van der Waals surface area contributed by atoms with Gasteiger partial charge in [-0.25, -0.2) is 0 Å². The fourth-order valence-corrected chi connectivity index (χ4v) is 8.96. The van der Waals surface area contributed by atoms with Crippen molar-refractivity contribution in [3.63, 3.8) is 0 Å². The van der Waals surface area contributed by atoms with E-state index in [0.29, 0.717) is 5.88 Å². The summed E-state index contributed by atoms with van der Waals surface area (Å²) >= 11 is 5.60. The van der Waals surface area contributed by atoms with E-state index in [1.807, 2.05) is 30.3 Å². The van der Waals surface area contributed by atoms with Crippen LogP contribution in [0, 0.1) is 0 Å². The molecule has 5 rings (SSSR count). The minimum absolute atomic E-state index is 0. The zero-order chi connectivity index (χ0) is 26.6. The summed E-state index contributed by atoms with van der Waals surface area (Å²) in [5.41, 5.74) is 2.38. The van der Waals surface area contributed by atoms with Crippen molar-refractivity contribution in [2.45, 2.75) is 12.0 Å². The summed E-state index contributed by atoms with van der Waals surface area (Å²) in [5, 5.41) is 4.20. The van der Waals surface area contributed by atoms with Crippen LogP contribution in [0.4, 0.5) is 0 Å². The largest absolute Gasteiger partial charge is 1.00 e. The third-order valence-electron chi connectivity index (χ3n) is 6.43. The van der Waals surface area contributed by atoms with Crippen LogP contribution in [0.3, 0.4) is 0 Å². The number of benzene rings is 5. The van der Waals surface area contributed by atoms with E-state index in [4.69, 9.17) is 21.1 Å². The Kier molecular flexibility index (Phi) is 11.9. The molecule has 0 radical (unpaired) electrons. The fourth-order valence-electron chi connectivity index (χ4n) is 4.57. The number of ether oxygens (including phenoxy) is 2. The van der Waals surface area contributed by atoms with Gasteiger partial charge in [0.1, 0.15) is 34.7 Å². The predicted octanol–water partition coefficient (Wildman–Crippen LogP) is 4.63. The molecule has 0 aliphatic heterocycles. The van der Waals surface area contributed by atoms with Gasteiger partial charge < -0.3 is 21.9 Å². The molecule has 0 amide bonds. The third kappa shape index (κ3) is 7.64. The molecule has 0 spiro atoms. The Labute approximate surface area is 244 Å². The second-order valence-corrected chi connectivity index (χ2v) is 12.6. The van der Waals surface area contributed by atoms with Crippen molar-refractivity contribution in [2.24, 2.45) is 0 Å². The number of hydrogen-bond acceptors (Lipinski definition) is 2. The predicted molar refractivity (Wildman–Crippen MR) is 164 cm³/mol. The molecular formula is C34H33Cl2O2P. The van der Waals surface area contributed by atoms with E-state index in [0.717, 1.165) is 23.2 Å². The topological polar surface area (TPSA) is 18.5 Å². The van der Waals surface area contributed by atoms with Gasteiger partial charge >= 0.3 is 0 Å². The van der Waals surface area contributed by atoms with Crippen molar-refractivity contribution in [1.29, 1.82) is 0 Å². The normalized spacial score (nSPS) is 10.4. The van der Waals surface area contributed by atoms with E-state index in [1.165, 1.54) is 21.5 Å². The highest BCUT2D eigenvalue weighted by molar-refractivity contribution is 7.95. The molecule has 39 heavy (non-hydrogen) atoms. The smallest absolute Gasteiger partial charge is 0.119 e. The molecule has 0 atom stereocenters. The van der Waals surface area contributed by atoms with Gasteiger partial charge in [0.05, 0.1) is 20.4 Å². The van der Waals surface area contributed by atoms with Crippen LogP contribution >= 0.6 is 18.9 Å². The Hall–Kier alpha value is -3.29. The van der Waals surface area contributed by atoms with Gasteiger partial charge in [-0.1, -0.05) is 78.9 Å². The molecule has 0 fully saturated rings. The highest BCUT2D eigenvalue weighted by Crippen LogP contribution is 2.58. The first-order valence-electron chi connectivity index (χ1n) is 12.6. The van der Waals surface area contributed by atoms with Gasteiger partial charge in [-0.15, -0.1) is 11.6 Å². The van der Waals surface area contributed by atoms with Crippen molar-refractivity contribution in [3.8, 4) is 11.5 Å². The molecule has 0 bridgehead atoms. The zero-order valence-electron chi connectivity index (χ0n) is 22.2. The van der Waals surface area contributed by atoms with Crippen molar-refractivity contribution in [2.75, 3.05) is 14.2 Å². The van der Waals surface area contributed by atoms with E-state index in [9.17, 15) is 0 Å². The Morgan fingerprint density at radius 2 is 0.897 bits per heavy atom. The number of alkyl halides is 1. The van der Waals surface area contributed by atoms with Crippen LogP contribution in [0.25, 0.3) is 0 Å². The van der Waals surface area contributed by atoms with Gasteiger partial charge in [-0.3, -0.25) is 0 Å². The molecular weight excluding hydrogens is 542 g/mol. The molecule has 5 heteroatoms. The average Bonchev–Trinajstić information content (AvgIpc) is 3.01. The molecule has 0 unspecified atom stereocenters. The van der Waals surface area contributed by atoms with Gasteiger partial charge in [0.25, 0.3) is 0 Å². The highest BCUT2D eigenvalue weighted by atomic mass is 35.5. The van der Waals surface area contributed by atoms with Gasteiger partial charge in [-0.2, -0.15) is 0 Å². The lowest BCUT2D eigenvalue weighted by atomic mass is 10.2. The SMILES string of the molecule is COc1cccc(CCl)c1.COc1cccc(C[P+](c2ccccc2)(c2ccccc2)c2ccccc2)c1.[Cl-]. The van der Waals surface area contributed by atoms with Gasteiger partial charge in [-0.05, 0) is 71.8 Å². The summed E-state index contributed by atoms with van der Waals surface area (Å²) < 4.78 is 10.5. The Morgan fingerprint density at radius 1 is 0.513 bits per heavy atom. The van der Waals surface area contributed by atoms with Crippen LogP contribution in [0.5, 0.6) is 11.5 Å². The first-order valence-corrected chi connectivity index (χ1v) is 15.1. The number of rotatable bonds is 8. The van der Waals surface area contributed by atoms with Crippen LogP contribution in [-0.2, 0) is 12.0 Å². The van der Waals surface area contributed by atoms with Crippen molar-refractivity contribution in [3.05, 3.63) is 151 Å². The molecule has 0 saturated heterocycles. The molecule has 5 aromatic carbocycles. The zero-order valence-corrected chi connectivity index (χ0v) is 24.6. The van der Waals surface area contributed by atoms with Crippen molar-refractivity contribution >= 4 is 34.8 Å². The molecule has 0 aliphatic rings. The maximum atomic E-state index is 5.60. The Bertz CT molecular complexity index is 1280. The van der Waals surface area contributed by atoms with Gasteiger partial charge in [0.15, 0.2) is 0 Å². The molecule has 0 saturated carbocycles. The molecule has 0 aromatic heterocycles. The summed E-state index contributed by atoms with van der Waals surface area (Å²) in [6, 6.07) is 49.1. The second kappa shape index (κ2) is 15.3. The van der Waals surface area contributed by atoms with Crippen LogP contribution in [-0.4, -0.2) is 14.2 Å². The first kappa shape index (κ1) is 30.3. The monoisotopic (exact) mass is 574 g/mol. The summed E-state index contributed by atoms with van der Waals surface area (Å²) in [6.07, 6.45) is 0.961. The quantitative estimate of drug-likeness (QED) is 0.199. The Balaban J connectivity index is 0.000000324.